The topological polar surface area (TPSA) is 49.4 Å². The largest absolute Gasteiger partial charge is 0.318 e. The molecule has 0 bridgehead atoms. The fourth-order valence-electron chi connectivity index (χ4n) is 2.56. The highest BCUT2D eigenvalue weighted by atomic mass is 32.2. The number of nitrogens with zero attached hydrogens (tertiary/aromatic N) is 1. The predicted molar refractivity (Wildman–Crippen MR) is 71.8 cm³/mol. The summed E-state index contributed by atoms with van der Waals surface area (Å²) in [5.41, 5.74) is 0. The highest BCUT2D eigenvalue weighted by molar-refractivity contribution is 7.89. The van der Waals surface area contributed by atoms with Crippen molar-refractivity contribution < 1.29 is 21.6 Å². The molecule has 8 heteroatoms. The van der Waals surface area contributed by atoms with Gasteiger partial charge in [0.1, 0.15) is 4.90 Å². The molecule has 1 unspecified atom stereocenters. The molecule has 0 saturated carbocycles. The maximum Gasteiger partial charge on any atom is 0.246 e. The number of halogens is 3. The highest BCUT2D eigenvalue weighted by Crippen LogP contribution is 2.28. The van der Waals surface area contributed by atoms with E-state index in [0.717, 1.165) is 12.5 Å². The molecule has 0 aromatic heterocycles. The molecule has 1 atom stereocenters. The number of benzene rings is 1. The van der Waals surface area contributed by atoms with Crippen LogP contribution < -0.4 is 5.32 Å². The average molecular weight is 322 g/mol. The molecule has 1 fully saturated rings. The number of hydrogen-bond acceptors (Lipinski definition) is 3. The number of sulfonamides is 1. The van der Waals surface area contributed by atoms with Gasteiger partial charge in [-0.2, -0.15) is 4.31 Å². The zero-order valence-electron chi connectivity index (χ0n) is 11.6. The third kappa shape index (κ3) is 3.07. The first kappa shape index (κ1) is 16.3. The van der Waals surface area contributed by atoms with Crippen molar-refractivity contribution in [1.82, 2.24) is 9.62 Å². The van der Waals surface area contributed by atoms with Gasteiger partial charge in [-0.3, -0.25) is 0 Å². The standard InChI is InChI=1S/C13H17F3N2O2S/c1-17-8-9-4-2-3-7-18(9)21(19,20)11-6-5-10(14)12(15)13(11)16/h5-6,9,17H,2-4,7-8H2,1H3. The first-order valence-corrected chi connectivity index (χ1v) is 8.13. The minimum atomic E-state index is -4.19. The van der Waals surface area contributed by atoms with Crippen LogP contribution in [0.25, 0.3) is 0 Å². The van der Waals surface area contributed by atoms with Crippen LogP contribution in [-0.2, 0) is 10.0 Å². The van der Waals surface area contributed by atoms with Crippen molar-refractivity contribution in [2.45, 2.75) is 30.2 Å². The summed E-state index contributed by atoms with van der Waals surface area (Å²) in [6, 6.07) is 1.08. The predicted octanol–water partition coefficient (Wildman–Crippen LogP) is 1.87. The Balaban J connectivity index is 2.43. The van der Waals surface area contributed by atoms with Gasteiger partial charge in [-0.1, -0.05) is 6.42 Å². The zero-order valence-corrected chi connectivity index (χ0v) is 12.4. The lowest BCUT2D eigenvalue weighted by Gasteiger charge is -2.34. The summed E-state index contributed by atoms with van der Waals surface area (Å²) in [4.78, 5) is -0.815. The van der Waals surface area contributed by atoms with E-state index < -0.39 is 32.4 Å². The van der Waals surface area contributed by atoms with Gasteiger partial charge in [-0.15, -0.1) is 0 Å². The normalized spacial score (nSPS) is 20.7. The van der Waals surface area contributed by atoms with E-state index in [0.29, 0.717) is 25.5 Å². The maximum atomic E-state index is 13.8. The Morgan fingerprint density at radius 1 is 1.24 bits per heavy atom. The van der Waals surface area contributed by atoms with Gasteiger partial charge in [0.2, 0.25) is 10.0 Å². The number of nitrogens with one attached hydrogen (secondary N) is 1. The van der Waals surface area contributed by atoms with Crippen molar-refractivity contribution in [1.29, 1.82) is 0 Å². The lowest BCUT2D eigenvalue weighted by Crippen LogP contribution is -2.48. The fourth-order valence-corrected chi connectivity index (χ4v) is 4.31. The minimum Gasteiger partial charge on any atom is -0.318 e. The summed E-state index contributed by atoms with van der Waals surface area (Å²) < 4.78 is 66.3. The van der Waals surface area contributed by atoms with Gasteiger partial charge in [0.15, 0.2) is 17.5 Å². The molecule has 1 aliphatic heterocycles. The van der Waals surface area contributed by atoms with Crippen LogP contribution in [0.1, 0.15) is 19.3 Å². The molecule has 1 N–H and O–H groups in total. The number of rotatable bonds is 4. The van der Waals surface area contributed by atoms with E-state index in [4.69, 9.17) is 0 Å². The Morgan fingerprint density at radius 3 is 2.62 bits per heavy atom. The molecule has 0 radical (unpaired) electrons. The van der Waals surface area contributed by atoms with Crippen LogP contribution in [0.4, 0.5) is 13.2 Å². The van der Waals surface area contributed by atoms with Crippen LogP contribution in [-0.4, -0.2) is 38.9 Å². The Morgan fingerprint density at radius 2 is 1.95 bits per heavy atom. The molecular weight excluding hydrogens is 305 g/mol. The van der Waals surface area contributed by atoms with Gasteiger partial charge >= 0.3 is 0 Å². The quantitative estimate of drug-likeness (QED) is 0.861. The molecule has 1 aromatic rings. The molecule has 4 nitrogen and oxygen atoms in total. The monoisotopic (exact) mass is 322 g/mol. The molecule has 2 rings (SSSR count). The van der Waals surface area contributed by atoms with Gasteiger partial charge in [0.25, 0.3) is 0 Å². The van der Waals surface area contributed by atoms with Gasteiger partial charge in [0.05, 0.1) is 0 Å². The molecule has 118 valence electrons. The Kier molecular flexibility index (Phi) is 4.90. The van der Waals surface area contributed by atoms with Crippen LogP contribution >= 0.6 is 0 Å². The molecule has 1 saturated heterocycles. The summed E-state index contributed by atoms with van der Waals surface area (Å²) in [6.07, 6.45) is 2.18. The molecule has 1 aromatic carbocycles. The average Bonchev–Trinajstić information content (AvgIpc) is 2.45. The number of likely N-dealkylation sites (N-methyl/N-ethyl adjacent to an activating group) is 1. The van der Waals surface area contributed by atoms with E-state index >= 15 is 0 Å². The minimum absolute atomic E-state index is 0.243. The van der Waals surface area contributed by atoms with E-state index in [-0.39, 0.29) is 12.6 Å². The third-order valence-corrected chi connectivity index (χ3v) is 5.57. The van der Waals surface area contributed by atoms with E-state index in [2.05, 4.69) is 5.32 Å². The lowest BCUT2D eigenvalue weighted by molar-refractivity contribution is 0.248. The number of piperidine rings is 1. The summed E-state index contributed by atoms with van der Waals surface area (Å²) in [5.74, 6) is -4.83. The molecule has 1 aliphatic rings. The van der Waals surface area contributed by atoms with E-state index in [1.54, 1.807) is 7.05 Å². The molecule has 1 heterocycles. The van der Waals surface area contributed by atoms with Crippen molar-refractivity contribution in [3.8, 4) is 0 Å². The Hall–Kier alpha value is -1.12. The van der Waals surface area contributed by atoms with Crippen LogP contribution in [0, 0.1) is 17.5 Å². The first-order chi connectivity index (χ1) is 9.89. The lowest BCUT2D eigenvalue weighted by atomic mass is 10.1. The van der Waals surface area contributed by atoms with Crippen LogP contribution in [0.3, 0.4) is 0 Å². The second kappa shape index (κ2) is 6.33. The molecule has 0 spiro atoms. The summed E-state index contributed by atoms with van der Waals surface area (Å²) in [5, 5.41) is 2.89. The number of hydrogen-bond donors (Lipinski definition) is 1. The highest BCUT2D eigenvalue weighted by Gasteiger charge is 2.35. The first-order valence-electron chi connectivity index (χ1n) is 6.69. The fraction of sp³-hybridized carbons (Fsp3) is 0.538. The summed E-state index contributed by atoms with van der Waals surface area (Å²) in [6.45, 7) is 0.664. The maximum absolute atomic E-state index is 13.8. The molecule has 0 amide bonds. The van der Waals surface area contributed by atoms with Crippen LogP contribution in [0.2, 0.25) is 0 Å². The SMILES string of the molecule is CNCC1CCCCN1S(=O)(=O)c1ccc(F)c(F)c1F. The van der Waals surface area contributed by atoms with Crippen molar-refractivity contribution in [2.75, 3.05) is 20.1 Å². The van der Waals surface area contributed by atoms with Crippen molar-refractivity contribution in [3.05, 3.63) is 29.6 Å². The van der Waals surface area contributed by atoms with Gasteiger partial charge in [-0.05, 0) is 32.0 Å². The van der Waals surface area contributed by atoms with E-state index in [1.165, 1.54) is 4.31 Å². The Labute approximate surface area is 122 Å². The third-order valence-electron chi connectivity index (χ3n) is 3.60. The van der Waals surface area contributed by atoms with E-state index in [9.17, 15) is 21.6 Å². The van der Waals surface area contributed by atoms with Gasteiger partial charge in [-0.25, -0.2) is 21.6 Å². The molecular formula is C13H17F3N2O2S. The molecule has 21 heavy (non-hydrogen) atoms. The van der Waals surface area contributed by atoms with Gasteiger partial charge in [0, 0.05) is 19.1 Å². The van der Waals surface area contributed by atoms with Crippen molar-refractivity contribution >= 4 is 10.0 Å². The van der Waals surface area contributed by atoms with Crippen LogP contribution in [0.5, 0.6) is 0 Å². The Bertz CT molecular complexity index is 620. The summed E-state index contributed by atoms with van der Waals surface area (Å²) >= 11 is 0. The van der Waals surface area contributed by atoms with Crippen molar-refractivity contribution in [2.24, 2.45) is 0 Å². The second-order valence-electron chi connectivity index (χ2n) is 5.00. The zero-order chi connectivity index (χ0) is 15.6. The smallest absolute Gasteiger partial charge is 0.246 e. The van der Waals surface area contributed by atoms with Gasteiger partial charge < -0.3 is 5.32 Å². The van der Waals surface area contributed by atoms with Crippen LogP contribution in [0.15, 0.2) is 17.0 Å². The molecule has 0 aliphatic carbocycles. The second-order valence-corrected chi connectivity index (χ2v) is 6.86. The van der Waals surface area contributed by atoms with E-state index in [1.807, 2.05) is 0 Å². The summed E-state index contributed by atoms with van der Waals surface area (Å²) in [7, 11) is -2.50. The van der Waals surface area contributed by atoms with Crippen molar-refractivity contribution in [3.63, 3.8) is 0 Å².